The minimum Gasteiger partial charge on any atom is -0.119 e. The van der Waals surface area contributed by atoms with Gasteiger partial charge in [-0.2, -0.15) is 0 Å². The molecule has 0 radical (unpaired) electrons. The maximum atomic E-state index is 4.97. The average Bonchev–Trinajstić information content (AvgIpc) is 2.01. The summed E-state index contributed by atoms with van der Waals surface area (Å²) in [6, 6.07) is 0. The van der Waals surface area contributed by atoms with Crippen LogP contribution in [0.4, 0.5) is 0 Å². The van der Waals surface area contributed by atoms with E-state index >= 15 is 0 Å². The molecular weight excluding hydrogens is 236 g/mol. The zero-order valence-electron chi connectivity index (χ0n) is 8.17. The van der Waals surface area contributed by atoms with Crippen LogP contribution >= 0.6 is 48.0 Å². The van der Waals surface area contributed by atoms with Crippen molar-refractivity contribution in [3.05, 3.63) is 0 Å². The van der Waals surface area contributed by atoms with Crippen LogP contribution in [0.2, 0.25) is 0 Å². The highest BCUT2D eigenvalue weighted by atomic mass is 32.2. The number of hydrogen-bond donors (Lipinski definition) is 0. The van der Waals surface area contributed by atoms with Gasteiger partial charge in [0.2, 0.25) is 0 Å². The van der Waals surface area contributed by atoms with Crippen molar-refractivity contribution in [1.82, 2.24) is 0 Å². The summed E-state index contributed by atoms with van der Waals surface area (Å²) in [6.45, 7) is 3.98. The molecular formula is C9H16S4. The van der Waals surface area contributed by atoms with Gasteiger partial charge in [0, 0.05) is 8.39 Å². The zero-order chi connectivity index (χ0) is 10.1. The fourth-order valence-corrected chi connectivity index (χ4v) is 2.58. The molecule has 0 heterocycles. The van der Waals surface area contributed by atoms with E-state index in [1.165, 1.54) is 30.8 Å². The number of unbranched alkanes of at least 4 members (excludes halogenated alkanes) is 2. The number of rotatable bonds is 6. The van der Waals surface area contributed by atoms with Gasteiger partial charge in [-0.25, -0.2) is 0 Å². The Morgan fingerprint density at radius 1 is 0.846 bits per heavy atom. The molecule has 0 saturated heterocycles. The van der Waals surface area contributed by atoms with Crippen molar-refractivity contribution in [3.63, 3.8) is 0 Å². The van der Waals surface area contributed by atoms with Gasteiger partial charge in [-0.15, -0.1) is 23.5 Å². The van der Waals surface area contributed by atoms with Crippen LogP contribution in [0.15, 0.2) is 0 Å². The Labute approximate surface area is 101 Å². The van der Waals surface area contributed by atoms with Crippen LogP contribution in [0.1, 0.15) is 33.1 Å². The Kier molecular flexibility index (Phi) is 10.1. The lowest BCUT2D eigenvalue weighted by Gasteiger charge is -2.00. The monoisotopic (exact) mass is 252 g/mol. The predicted molar refractivity (Wildman–Crippen MR) is 75.3 cm³/mol. The molecule has 0 saturated carbocycles. The molecule has 0 rings (SSSR count). The lowest BCUT2D eigenvalue weighted by molar-refractivity contribution is 0.787. The topological polar surface area (TPSA) is 0 Å². The van der Waals surface area contributed by atoms with Crippen molar-refractivity contribution in [2.45, 2.75) is 33.1 Å². The van der Waals surface area contributed by atoms with Crippen molar-refractivity contribution in [1.29, 1.82) is 0 Å². The zero-order valence-corrected chi connectivity index (χ0v) is 11.4. The Balaban J connectivity index is 3.00. The van der Waals surface area contributed by atoms with E-state index in [0.717, 1.165) is 8.39 Å². The van der Waals surface area contributed by atoms with Crippen molar-refractivity contribution in [3.8, 4) is 0 Å². The molecule has 0 nitrogen and oxygen atoms in total. The van der Waals surface area contributed by atoms with Crippen LogP contribution in [-0.2, 0) is 0 Å². The second kappa shape index (κ2) is 9.44. The van der Waals surface area contributed by atoms with Gasteiger partial charge in [-0.05, 0) is 38.2 Å². The lowest BCUT2D eigenvalue weighted by Crippen LogP contribution is -1.88. The van der Waals surface area contributed by atoms with Crippen LogP contribution in [0.5, 0.6) is 0 Å². The van der Waals surface area contributed by atoms with Crippen LogP contribution in [0, 0.1) is 0 Å². The Morgan fingerprint density at radius 3 is 1.54 bits per heavy atom. The number of thiocarbonyl (C=S) groups is 2. The molecule has 0 aromatic heterocycles. The highest BCUT2D eigenvalue weighted by Crippen LogP contribution is 2.11. The maximum absolute atomic E-state index is 4.97. The Hall–Kier alpha value is 0.880. The highest BCUT2D eigenvalue weighted by molar-refractivity contribution is 8.23. The molecule has 0 unspecified atom stereocenters. The van der Waals surface area contributed by atoms with Gasteiger partial charge in [0.25, 0.3) is 0 Å². The van der Waals surface area contributed by atoms with E-state index in [0.29, 0.717) is 0 Å². The van der Waals surface area contributed by atoms with Gasteiger partial charge in [0.1, 0.15) is 0 Å². The molecule has 0 fully saturated rings. The summed E-state index contributed by atoms with van der Waals surface area (Å²) >= 11 is 13.5. The summed E-state index contributed by atoms with van der Waals surface area (Å²) in [4.78, 5) is 0. The molecule has 0 aromatic rings. The van der Waals surface area contributed by atoms with E-state index in [2.05, 4.69) is 0 Å². The summed E-state index contributed by atoms with van der Waals surface area (Å²) in [5, 5.41) is 0. The summed E-state index contributed by atoms with van der Waals surface area (Å²) < 4.78 is 2.12. The summed E-state index contributed by atoms with van der Waals surface area (Å²) in [7, 11) is 0. The van der Waals surface area contributed by atoms with Crippen molar-refractivity contribution < 1.29 is 0 Å². The normalized spacial score (nSPS) is 10.0. The lowest BCUT2D eigenvalue weighted by atomic mass is 10.3. The van der Waals surface area contributed by atoms with E-state index in [9.17, 15) is 0 Å². The van der Waals surface area contributed by atoms with Gasteiger partial charge in [0.05, 0.1) is 0 Å². The molecule has 0 aliphatic rings. The molecule has 0 bridgehead atoms. The predicted octanol–water partition coefficient (Wildman–Crippen LogP) is 4.32. The van der Waals surface area contributed by atoms with E-state index in [4.69, 9.17) is 24.4 Å². The molecule has 0 aliphatic carbocycles. The Bertz CT molecular complexity index is 147. The fraction of sp³-hybridized carbons (Fsp3) is 0.778. The van der Waals surface area contributed by atoms with Gasteiger partial charge in [0.15, 0.2) is 0 Å². The molecule has 0 aliphatic heterocycles. The van der Waals surface area contributed by atoms with Gasteiger partial charge in [-0.3, -0.25) is 0 Å². The molecule has 0 N–H and O–H groups in total. The SMILES string of the molecule is CC(=S)SCCCCCSC(C)=S. The van der Waals surface area contributed by atoms with Gasteiger partial charge < -0.3 is 0 Å². The van der Waals surface area contributed by atoms with E-state index in [1.54, 1.807) is 23.5 Å². The van der Waals surface area contributed by atoms with E-state index < -0.39 is 0 Å². The van der Waals surface area contributed by atoms with Crippen LogP contribution in [0.25, 0.3) is 0 Å². The molecule has 76 valence electrons. The van der Waals surface area contributed by atoms with Crippen LogP contribution < -0.4 is 0 Å². The van der Waals surface area contributed by atoms with E-state index in [-0.39, 0.29) is 0 Å². The standard InChI is InChI=1S/C9H16S4/c1-8(10)12-6-4-3-5-7-13-9(2)11/h3-7H2,1-2H3. The average molecular weight is 252 g/mol. The third kappa shape index (κ3) is 12.9. The summed E-state index contributed by atoms with van der Waals surface area (Å²) in [5.41, 5.74) is 0. The van der Waals surface area contributed by atoms with Gasteiger partial charge >= 0.3 is 0 Å². The van der Waals surface area contributed by atoms with Crippen LogP contribution in [-0.4, -0.2) is 19.9 Å². The highest BCUT2D eigenvalue weighted by Gasteiger charge is 1.93. The molecule has 0 amide bonds. The van der Waals surface area contributed by atoms with E-state index in [1.807, 2.05) is 13.8 Å². The summed E-state index contributed by atoms with van der Waals surface area (Å²) in [5.74, 6) is 2.35. The smallest absolute Gasteiger partial charge is 0.0447 e. The first kappa shape index (κ1) is 13.9. The molecule has 0 atom stereocenters. The van der Waals surface area contributed by atoms with Crippen molar-refractivity contribution >= 4 is 56.4 Å². The number of hydrogen-bond acceptors (Lipinski definition) is 4. The minimum atomic E-state index is 1.06. The first-order valence-electron chi connectivity index (χ1n) is 4.39. The van der Waals surface area contributed by atoms with Crippen LogP contribution in [0.3, 0.4) is 0 Å². The van der Waals surface area contributed by atoms with Crippen molar-refractivity contribution in [2.24, 2.45) is 0 Å². The third-order valence-electron chi connectivity index (χ3n) is 1.40. The first-order chi connectivity index (χ1) is 6.13. The second-order valence-corrected chi connectivity index (χ2v) is 7.10. The third-order valence-corrected chi connectivity index (χ3v) is 3.91. The quantitative estimate of drug-likeness (QED) is 0.510. The number of thioether (sulfide) groups is 2. The van der Waals surface area contributed by atoms with Crippen molar-refractivity contribution in [2.75, 3.05) is 11.5 Å². The Morgan fingerprint density at radius 2 is 1.23 bits per heavy atom. The first-order valence-corrected chi connectivity index (χ1v) is 7.18. The van der Waals surface area contributed by atoms with Gasteiger partial charge in [-0.1, -0.05) is 30.9 Å². The minimum absolute atomic E-state index is 1.06. The molecule has 13 heavy (non-hydrogen) atoms. The fourth-order valence-electron chi connectivity index (χ4n) is 0.813. The maximum Gasteiger partial charge on any atom is 0.0447 e. The molecule has 0 aromatic carbocycles. The molecule has 0 spiro atoms. The second-order valence-electron chi connectivity index (χ2n) is 2.74. The largest absolute Gasteiger partial charge is 0.119 e. The molecule has 4 heteroatoms. The summed E-state index contributed by atoms with van der Waals surface area (Å²) in [6.07, 6.45) is 3.84.